The first kappa shape index (κ1) is 29.5. The summed E-state index contributed by atoms with van der Waals surface area (Å²) >= 11 is 0. The Labute approximate surface area is 200 Å². The third-order valence-corrected chi connectivity index (χ3v) is 4.52. The molecule has 0 atom stereocenters. The van der Waals surface area contributed by atoms with Crippen LogP contribution >= 0.6 is 0 Å². The first-order valence-corrected chi connectivity index (χ1v) is 10.1. The molecule has 0 amide bonds. The highest BCUT2D eigenvalue weighted by Crippen LogP contribution is 2.43. The minimum atomic E-state index is -4.91. The van der Waals surface area contributed by atoms with Crippen LogP contribution in [0.1, 0.15) is 32.3 Å². The molecule has 0 saturated heterocycles. The second-order valence-corrected chi connectivity index (χ2v) is 7.09. The zero-order valence-electron chi connectivity index (χ0n) is 18.9. The molecule has 2 N–H and O–H groups in total. The summed E-state index contributed by atoms with van der Waals surface area (Å²) in [6.07, 6.45) is -3.83. The van der Waals surface area contributed by atoms with E-state index in [2.05, 4.69) is 0 Å². The van der Waals surface area contributed by atoms with Gasteiger partial charge in [-0.3, -0.25) is 40.5 Å². The number of hydrogen-bond acceptors (Lipinski definition) is 10. The lowest BCUT2D eigenvalue weighted by atomic mass is 10.1. The predicted octanol–water partition coefficient (Wildman–Crippen LogP) is 5.23. The van der Waals surface area contributed by atoms with Crippen LogP contribution in [0.3, 0.4) is 0 Å². The Morgan fingerprint density at radius 3 is 1.56 bits per heavy atom. The Morgan fingerprint density at radius 1 is 0.806 bits per heavy atom. The highest BCUT2D eigenvalue weighted by molar-refractivity contribution is 5.76. The molecule has 17 heteroatoms. The van der Waals surface area contributed by atoms with Crippen molar-refractivity contribution in [3.63, 3.8) is 0 Å². The summed E-state index contributed by atoms with van der Waals surface area (Å²) in [5.41, 5.74) is 0.147. The lowest BCUT2D eigenvalue weighted by Gasteiger charge is -2.23. The summed E-state index contributed by atoms with van der Waals surface area (Å²) in [4.78, 5) is 40.7. The van der Waals surface area contributed by atoms with E-state index in [1.54, 1.807) is 13.8 Å². The molecule has 0 aliphatic carbocycles. The largest absolute Gasteiger partial charge is 0.416 e. The van der Waals surface area contributed by atoms with Crippen LogP contribution in [0.2, 0.25) is 0 Å². The van der Waals surface area contributed by atoms with Gasteiger partial charge in [0.15, 0.2) is 5.69 Å². The molecule has 0 unspecified atom stereocenters. The molecule has 196 valence electrons. The topological polar surface area (TPSA) is 202 Å². The zero-order chi connectivity index (χ0) is 27.8. The van der Waals surface area contributed by atoms with E-state index in [-0.39, 0.29) is 24.5 Å². The van der Waals surface area contributed by atoms with Crippen LogP contribution in [0.25, 0.3) is 0 Å². The summed E-state index contributed by atoms with van der Waals surface area (Å²) in [6, 6.07) is 4.27. The van der Waals surface area contributed by atoms with E-state index in [4.69, 9.17) is 5.73 Å². The molecule has 0 saturated carbocycles. The lowest BCUT2D eigenvalue weighted by Crippen LogP contribution is -2.27. The summed E-state index contributed by atoms with van der Waals surface area (Å²) in [6.45, 7) is 4.07. The molecule has 2 rings (SSSR count). The number of nitro benzene ring substituents is 4. The Hall–Kier alpha value is -4.57. The number of halogens is 3. The Balaban J connectivity index is 0.000000420. The van der Waals surface area contributed by atoms with Gasteiger partial charge in [-0.05, 0) is 18.9 Å². The average Bonchev–Trinajstić information content (AvgIpc) is 2.77. The zero-order valence-corrected chi connectivity index (χ0v) is 18.9. The van der Waals surface area contributed by atoms with E-state index < -0.39 is 54.2 Å². The van der Waals surface area contributed by atoms with Gasteiger partial charge in [0.25, 0.3) is 11.4 Å². The van der Waals surface area contributed by atoms with Crippen molar-refractivity contribution in [3.05, 3.63) is 76.4 Å². The van der Waals surface area contributed by atoms with Crippen molar-refractivity contribution in [2.75, 3.05) is 23.7 Å². The number of nitro groups is 4. The molecule has 36 heavy (non-hydrogen) atoms. The van der Waals surface area contributed by atoms with Crippen molar-refractivity contribution in [2.45, 2.75) is 32.9 Å². The van der Waals surface area contributed by atoms with E-state index in [0.717, 1.165) is 6.07 Å². The number of nitrogen functional groups attached to an aromatic ring is 1. The van der Waals surface area contributed by atoms with Gasteiger partial charge in [0, 0.05) is 31.3 Å². The SMILES string of the molecule is CCCN(CCC)c1c([N+](=O)[O-])cc(C(F)(F)F)cc1[N+](=O)[O-].Nc1cccc([N+](=O)[O-])c1[N+](=O)[O-]. The average molecular weight is 518 g/mol. The second-order valence-electron chi connectivity index (χ2n) is 7.09. The number of hydrogen-bond donors (Lipinski definition) is 1. The van der Waals surface area contributed by atoms with Gasteiger partial charge in [-0.2, -0.15) is 13.2 Å². The van der Waals surface area contributed by atoms with Crippen LogP contribution in [-0.2, 0) is 6.18 Å². The van der Waals surface area contributed by atoms with Crippen molar-refractivity contribution in [3.8, 4) is 0 Å². The van der Waals surface area contributed by atoms with Crippen molar-refractivity contribution in [2.24, 2.45) is 0 Å². The minimum Gasteiger partial charge on any atom is -0.393 e. The molecule has 0 aliphatic rings. The maximum Gasteiger partial charge on any atom is 0.416 e. The van der Waals surface area contributed by atoms with Gasteiger partial charge in [-0.25, -0.2) is 0 Å². The normalized spacial score (nSPS) is 10.7. The summed E-state index contributed by atoms with van der Waals surface area (Å²) < 4.78 is 38.5. The number of nitrogens with two attached hydrogens (primary N) is 1. The number of nitrogens with zero attached hydrogens (tertiary/aromatic N) is 5. The second kappa shape index (κ2) is 12.2. The lowest BCUT2D eigenvalue weighted by molar-refractivity contribution is -0.421. The molecule has 2 aromatic carbocycles. The van der Waals surface area contributed by atoms with Crippen LogP contribution in [0.5, 0.6) is 0 Å². The molecule has 14 nitrogen and oxygen atoms in total. The fraction of sp³-hybridized carbons (Fsp3) is 0.368. The number of para-hydroxylation sites is 1. The van der Waals surface area contributed by atoms with E-state index >= 15 is 0 Å². The first-order chi connectivity index (χ1) is 16.7. The van der Waals surface area contributed by atoms with E-state index in [0.29, 0.717) is 25.0 Å². The molecule has 2 aromatic rings. The quantitative estimate of drug-likeness (QED) is 0.260. The molecular formula is C19H21F3N6O8. The van der Waals surface area contributed by atoms with Crippen molar-refractivity contribution < 1.29 is 32.9 Å². The monoisotopic (exact) mass is 518 g/mol. The molecule has 0 heterocycles. The maximum atomic E-state index is 12.8. The van der Waals surface area contributed by atoms with Crippen molar-refractivity contribution >= 4 is 34.1 Å². The maximum absolute atomic E-state index is 12.8. The van der Waals surface area contributed by atoms with Crippen molar-refractivity contribution in [1.82, 2.24) is 0 Å². The summed E-state index contributed by atoms with van der Waals surface area (Å²) in [7, 11) is 0. The van der Waals surface area contributed by atoms with Crippen LogP contribution < -0.4 is 10.6 Å². The molecule has 0 aromatic heterocycles. The van der Waals surface area contributed by atoms with Gasteiger partial charge in [0.05, 0.1) is 25.3 Å². The van der Waals surface area contributed by atoms with E-state index in [9.17, 15) is 53.6 Å². The van der Waals surface area contributed by atoms with E-state index in [1.165, 1.54) is 17.0 Å². The molecule has 0 fully saturated rings. The molecule has 0 spiro atoms. The van der Waals surface area contributed by atoms with Crippen molar-refractivity contribution in [1.29, 1.82) is 0 Å². The van der Waals surface area contributed by atoms with Crippen LogP contribution in [0.15, 0.2) is 30.3 Å². The fourth-order valence-electron chi connectivity index (χ4n) is 3.14. The fourth-order valence-corrected chi connectivity index (χ4v) is 3.14. The van der Waals surface area contributed by atoms with Gasteiger partial charge in [0.1, 0.15) is 5.69 Å². The minimum absolute atomic E-state index is 0.209. The number of anilines is 2. The molecule has 0 bridgehead atoms. The molecule has 0 aliphatic heterocycles. The van der Waals surface area contributed by atoms with Crippen LogP contribution in [0, 0.1) is 40.5 Å². The first-order valence-electron chi connectivity index (χ1n) is 10.1. The molecule has 0 radical (unpaired) electrons. The third-order valence-electron chi connectivity index (χ3n) is 4.52. The third kappa shape index (κ3) is 7.21. The van der Waals surface area contributed by atoms with Gasteiger partial charge in [0.2, 0.25) is 0 Å². The van der Waals surface area contributed by atoms with E-state index in [1.807, 2.05) is 0 Å². The van der Waals surface area contributed by atoms with Gasteiger partial charge >= 0.3 is 17.6 Å². The number of benzene rings is 2. The molecular weight excluding hydrogens is 497 g/mol. The predicted molar refractivity (Wildman–Crippen MR) is 122 cm³/mol. The van der Waals surface area contributed by atoms with Gasteiger partial charge in [-0.15, -0.1) is 0 Å². The van der Waals surface area contributed by atoms with Gasteiger partial charge in [-0.1, -0.05) is 19.9 Å². The Bertz CT molecular complexity index is 1120. The van der Waals surface area contributed by atoms with Crippen LogP contribution in [0.4, 0.5) is 47.3 Å². The smallest absolute Gasteiger partial charge is 0.393 e. The Morgan fingerprint density at radius 2 is 1.25 bits per heavy atom. The highest BCUT2D eigenvalue weighted by Gasteiger charge is 2.39. The number of rotatable bonds is 9. The van der Waals surface area contributed by atoms with Gasteiger partial charge < -0.3 is 10.6 Å². The summed E-state index contributed by atoms with van der Waals surface area (Å²) in [5.74, 6) is 0. The number of alkyl halides is 3. The highest BCUT2D eigenvalue weighted by atomic mass is 19.4. The van der Waals surface area contributed by atoms with Crippen LogP contribution in [-0.4, -0.2) is 32.8 Å². The Kier molecular flexibility index (Phi) is 10.0. The summed E-state index contributed by atoms with van der Waals surface area (Å²) in [5, 5.41) is 43.0. The standard InChI is InChI=1S/C13H16F3N3O4.C6H5N3O4/c1-3-5-17(6-4-2)12-10(18(20)21)7-9(13(14,15)16)8-11(12)19(22)23;7-4-2-1-3-5(8(10)11)6(4)9(12)13/h7-8H,3-6H2,1-2H3;1-3H,7H2.